The summed E-state index contributed by atoms with van der Waals surface area (Å²) in [5, 5.41) is 6.92. The number of hydrogen-bond acceptors (Lipinski definition) is 3. The Balaban J connectivity index is 0. The molecule has 104 valence electrons. The van der Waals surface area contributed by atoms with Gasteiger partial charge in [-0.15, -0.1) is 0 Å². The molecular weight excluding hydrogens is 323 g/mol. The number of urea groups is 1. The Kier molecular flexibility index (Phi) is 13.5. The SMILES string of the molecule is [CH2-]C(=O)NCCC1NC(=O)NC1=O.[CH2-]CCCC.[Y+3]. The average Bonchev–Trinajstić information content (AvgIpc) is 2.59. The summed E-state index contributed by atoms with van der Waals surface area (Å²) in [5.41, 5.74) is 0. The third-order valence-corrected chi connectivity index (χ3v) is 2.22. The van der Waals surface area contributed by atoms with Crippen LogP contribution >= 0.6 is 0 Å². The second kappa shape index (κ2) is 12.4. The summed E-state index contributed by atoms with van der Waals surface area (Å²) in [7, 11) is 0. The molecule has 4 amide bonds. The second-order valence-electron chi connectivity index (χ2n) is 3.86. The van der Waals surface area contributed by atoms with Crippen molar-refractivity contribution < 1.29 is 47.1 Å². The fraction of sp³-hybridized carbons (Fsp3) is 0.583. The zero-order valence-corrected chi connectivity index (χ0v) is 14.2. The van der Waals surface area contributed by atoms with Crippen LogP contribution in [0.2, 0.25) is 0 Å². The molecule has 0 bridgehead atoms. The summed E-state index contributed by atoms with van der Waals surface area (Å²) in [6.07, 6.45) is 4.03. The van der Waals surface area contributed by atoms with Crippen molar-refractivity contribution in [3.63, 3.8) is 0 Å². The van der Waals surface area contributed by atoms with E-state index in [0.29, 0.717) is 13.0 Å². The van der Waals surface area contributed by atoms with E-state index in [2.05, 4.69) is 36.7 Å². The van der Waals surface area contributed by atoms with Gasteiger partial charge in [0.05, 0.1) is 5.91 Å². The van der Waals surface area contributed by atoms with Crippen molar-refractivity contribution in [3.05, 3.63) is 13.8 Å². The number of hydrogen-bond donors (Lipinski definition) is 3. The van der Waals surface area contributed by atoms with Gasteiger partial charge in [-0.3, -0.25) is 10.1 Å². The third-order valence-electron chi connectivity index (χ3n) is 2.22. The molecule has 7 heteroatoms. The average molecular weight is 344 g/mol. The first-order valence-corrected chi connectivity index (χ1v) is 6.01. The van der Waals surface area contributed by atoms with Crippen LogP contribution in [0.5, 0.6) is 0 Å². The molecule has 1 unspecified atom stereocenters. The maximum absolute atomic E-state index is 10.9. The minimum absolute atomic E-state index is 0. The zero-order chi connectivity index (χ0) is 14.0. The monoisotopic (exact) mass is 344 g/mol. The minimum atomic E-state index is -0.542. The molecule has 0 aromatic heterocycles. The normalized spacial score (nSPS) is 16.4. The van der Waals surface area contributed by atoms with Crippen molar-refractivity contribution in [1.82, 2.24) is 16.0 Å². The molecule has 1 saturated heterocycles. The minimum Gasteiger partial charge on any atom is -0.381 e. The fourth-order valence-electron chi connectivity index (χ4n) is 1.27. The Bertz CT molecular complexity index is 296. The van der Waals surface area contributed by atoms with E-state index in [4.69, 9.17) is 0 Å². The van der Waals surface area contributed by atoms with E-state index in [9.17, 15) is 14.4 Å². The number of amides is 4. The first kappa shape index (κ1) is 20.7. The molecule has 0 saturated carbocycles. The van der Waals surface area contributed by atoms with Crippen molar-refractivity contribution >= 4 is 17.8 Å². The number of carbonyl (C=O) groups excluding carboxylic acids is 3. The standard InChI is InChI=1S/C7H10N3O3.C5H11.Y/c1-4(11)8-3-2-5-6(12)10-7(13)9-5;1-3-5-4-2;/h5H,1-3H2,(H,8,11)(H2,9,10,12,13);1,3-5H2,2H3;/q2*-1;+3. The molecule has 0 aliphatic carbocycles. The van der Waals surface area contributed by atoms with Crippen molar-refractivity contribution in [2.45, 2.75) is 38.6 Å². The summed E-state index contributed by atoms with van der Waals surface area (Å²) in [6.45, 7) is 9.27. The second-order valence-corrected chi connectivity index (χ2v) is 3.86. The Morgan fingerprint density at radius 3 is 2.37 bits per heavy atom. The van der Waals surface area contributed by atoms with Gasteiger partial charge in [0.1, 0.15) is 6.04 Å². The molecule has 0 aromatic rings. The topological polar surface area (TPSA) is 87.3 Å². The first-order valence-electron chi connectivity index (χ1n) is 6.01. The van der Waals surface area contributed by atoms with E-state index >= 15 is 0 Å². The Labute approximate surface area is 139 Å². The van der Waals surface area contributed by atoms with Crippen LogP contribution in [0.3, 0.4) is 0 Å². The molecule has 1 aliphatic heterocycles. The van der Waals surface area contributed by atoms with E-state index in [1.165, 1.54) is 12.8 Å². The Morgan fingerprint density at radius 1 is 1.42 bits per heavy atom. The van der Waals surface area contributed by atoms with Crippen LogP contribution in [-0.4, -0.2) is 30.4 Å². The molecule has 6 nitrogen and oxygen atoms in total. The summed E-state index contributed by atoms with van der Waals surface area (Å²) in [6, 6.07) is -1.03. The molecule has 1 rings (SSSR count). The molecule has 1 aliphatic rings. The predicted octanol–water partition coefficient (Wildman–Crippen LogP) is 0.543. The van der Waals surface area contributed by atoms with Gasteiger partial charge >= 0.3 is 38.7 Å². The number of nitrogens with one attached hydrogen (secondary N) is 3. The van der Waals surface area contributed by atoms with E-state index in [1.54, 1.807) is 0 Å². The van der Waals surface area contributed by atoms with Gasteiger partial charge in [-0.2, -0.15) is 6.42 Å². The molecule has 1 fully saturated rings. The number of unbranched alkanes of at least 4 members (excludes halogenated alkanes) is 2. The van der Waals surface area contributed by atoms with E-state index < -0.39 is 18.0 Å². The first-order chi connectivity index (χ1) is 8.51. The van der Waals surface area contributed by atoms with Crippen molar-refractivity contribution in [2.24, 2.45) is 0 Å². The van der Waals surface area contributed by atoms with E-state index in [0.717, 1.165) is 6.42 Å². The number of imide groups is 1. The molecule has 0 aromatic carbocycles. The molecule has 0 spiro atoms. The molecular formula is C12H21N3O3Y+. The van der Waals surface area contributed by atoms with E-state index in [-0.39, 0.29) is 38.6 Å². The van der Waals surface area contributed by atoms with E-state index in [1.807, 2.05) is 0 Å². The zero-order valence-electron chi connectivity index (χ0n) is 11.3. The van der Waals surface area contributed by atoms with Crippen LogP contribution < -0.4 is 16.0 Å². The predicted molar refractivity (Wildman–Crippen MR) is 68.3 cm³/mol. The summed E-state index contributed by atoms with van der Waals surface area (Å²) >= 11 is 0. The van der Waals surface area contributed by atoms with Crippen LogP contribution in [0.15, 0.2) is 0 Å². The van der Waals surface area contributed by atoms with Gasteiger partial charge in [-0.25, -0.2) is 4.79 Å². The number of carbonyl (C=O) groups is 3. The molecule has 1 heterocycles. The van der Waals surface area contributed by atoms with Gasteiger partial charge < -0.3 is 29.3 Å². The molecule has 1 atom stereocenters. The van der Waals surface area contributed by atoms with Crippen LogP contribution in [0, 0.1) is 13.8 Å². The molecule has 0 radical (unpaired) electrons. The van der Waals surface area contributed by atoms with Crippen LogP contribution in [-0.2, 0) is 42.3 Å². The van der Waals surface area contributed by atoms with Gasteiger partial charge in [-0.1, -0.05) is 19.8 Å². The van der Waals surface area contributed by atoms with Crippen molar-refractivity contribution in [1.29, 1.82) is 0 Å². The van der Waals surface area contributed by atoms with Crippen LogP contribution in [0.1, 0.15) is 32.6 Å². The smallest absolute Gasteiger partial charge is 0.381 e. The maximum atomic E-state index is 10.9. The largest absolute Gasteiger partial charge is 3.00 e. The quantitative estimate of drug-likeness (QED) is 0.503. The maximum Gasteiger partial charge on any atom is 3.00 e. The van der Waals surface area contributed by atoms with Crippen LogP contribution in [0.4, 0.5) is 4.79 Å². The van der Waals surface area contributed by atoms with Gasteiger partial charge in [0.2, 0.25) is 0 Å². The van der Waals surface area contributed by atoms with Gasteiger partial charge in [0.25, 0.3) is 5.91 Å². The molecule has 3 N–H and O–H groups in total. The fourth-order valence-corrected chi connectivity index (χ4v) is 1.27. The van der Waals surface area contributed by atoms with Gasteiger partial charge in [-0.05, 0) is 6.42 Å². The Morgan fingerprint density at radius 2 is 2.05 bits per heavy atom. The summed E-state index contributed by atoms with van der Waals surface area (Å²) in [4.78, 5) is 31.9. The van der Waals surface area contributed by atoms with Crippen molar-refractivity contribution in [2.75, 3.05) is 6.54 Å². The Hall–Kier alpha value is -0.616. The summed E-state index contributed by atoms with van der Waals surface area (Å²) in [5.74, 6) is -0.756. The van der Waals surface area contributed by atoms with Gasteiger partial charge in [0.15, 0.2) is 0 Å². The summed E-state index contributed by atoms with van der Waals surface area (Å²) < 4.78 is 0. The molecule has 19 heavy (non-hydrogen) atoms. The number of rotatable bonds is 5. The van der Waals surface area contributed by atoms with Crippen LogP contribution in [0.25, 0.3) is 0 Å². The van der Waals surface area contributed by atoms with Gasteiger partial charge in [0, 0.05) is 6.54 Å². The van der Waals surface area contributed by atoms with Crippen molar-refractivity contribution in [3.8, 4) is 0 Å². The third kappa shape index (κ3) is 10.9.